The molecule has 0 saturated carbocycles. The summed E-state index contributed by atoms with van der Waals surface area (Å²) in [6.07, 6.45) is 2.11. The van der Waals surface area contributed by atoms with E-state index in [-0.39, 0.29) is 18.4 Å². The minimum Gasteiger partial charge on any atom is -0.481 e. The molecule has 6 heteroatoms. The van der Waals surface area contributed by atoms with Crippen LogP contribution in [-0.2, 0) is 11.3 Å². The van der Waals surface area contributed by atoms with Gasteiger partial charge >= 0.3 is 5.97 Å². The number of likely N-dealkylation sites (tertiary alicyclic amines) is 1. The smallest absolute Gasteiger partial charge is 0.311 e. The highest BCUT2D eigenvalue weighted by atomic mass is 16.4. The first-order valence-corrected chi connectivity index (χ1v) is 8.24. The summed E-state index contributed by atoms with van der Waals surface area (Å²) in [6.45, 7) is 11.4. The van der Waals surface area contributed by atoms with Crippen molar-refractivity contribution in [2.75, 3.05) is 13.1 Å². The zero-order valence-corrected chi connectivity index (χ0v) is 14.7. The number of nitrogens with zero attached hydrogens (tertiary/aromatic N) is 3. The van der Waals surface area contributed by atoms with Crippen LogP contribution in [0.15, 0.2) is 6.20 Å². The number of carbonyl (C=O) groups is 2. The maximum Gasteiger partial charge on any atom is 0.311 e. The lowest BCUT2D eigenvalue weighted by Gasteiger charge is -2.28. The van der Waals surface area contributed by atoms with E-state index in [2.05, 4.69) is 18.9 Å². The van der Waals surface area contributed by atoms with E-state index < -0.39 is 11.4 Å². The number of carboxylic acids is 1. The first-order chi connectivity index (χ1) is 10.7. The van der Waals surface area contributed by atoms with Crippen LogP contribution in [0.4, 0.5) is 0 Å². The molecular weight excluding hydrogens is 294 g/mol. The largest absolute Gasteiger partial charge is 0.481 e. The molecule has 0 bridgehead atoms. The lowest BCUT2D eigenvalue weighted by molar-refractivity contribution is -0.150. The fourth-order valence-electron chi connectivity index (χ4n) is 3.26. The van der Waals surface area contributed by atoms with Crippen LogP contribution < -0.4 is 0 Å². The number of aromatic nitrogens is 2. The van der Waals surface area contributed by atoms with Crippen LogP contribution in [0.2, 0.25) is 0 Å². The average Bonchev–Trinajstić information content (AvgIpc) is 3.04. The predicted octanol–water partition coefficient (Wildman–Crippen LogP) is 2.42. The number of aliphatic carboxylic acids is 1. The third kappa shape index (κ3) is 3.12. The monoisotopic (exact) mass is 321 g/mol. The van der Waals surface area contributed by atoms with Gasteiger partial charge in [-0.05, 0) is 25.2 Å². The van der Waals surface area contributed by atoms with Crippen molar-refractivity contribution in [2.24, 2.45) is 17.3 Å². The van der Waals surface area contributed by atoms with E-state index in [0.29, 0.717) is 24.4 Å². The van der Waals surface area contributed by atoms with Crippen molar-refractivity contribution >= 4 is 11.9 Å². The maximum atomic E-state index is 12.8. The molecule has 1 unspecified atom stereocenters. The van der Waals surface area contributed by atoms with Gasteiger partial charge in [0.05, 0.1) is 17.2 Å². The van der Waals surface area contributed by atoms with Crippen LogP contribution in [0.25, 0.3) is 0 Å². The average molecular weight is 321 g/mol. The van der Waals surface area contributed by atoms with Crippen LogP contribution in [0, 0.1) is 24.2 Å². The predicted molar refractivity (Wildman–Crippen MR) is 87.2 cm³/mol. The van der Waals surface area contributed by atoms with E-state index in [1.165, 1.54) is 0 Å². The molecular formula is C17H27N3O3. The number of rotatable bonds is 5. The molecule has 2 heterocycles. The Labute approximate surface area is 137 Å². The van der Waals surface area contributed by atoms with Crippen molar-refractivity contribution in [1.82, 2.24) is 14.7 Å². The molecule has 1 atom stereocenters. The molecule has 1 fully saturated rings. The minimum absolute atomic E-state index is 0.0115. The second-order valence-corrected chi connectivity index (χ2v) is 7.31. The van der Waals surface area contributed by atoms with Crippen molar-refractivity contribution in [1.29, 1.82) is 0 Å². The summed E-state index contributed by atoms with van der Waals surface area (Å²) >= 11 is 0. The van der Waals surface area contributed by atoms with Gasteiger partial charge in [-0.2, -0.15) is 5.10 Å². The molecule has 23 heavy (non-hydrogen) atoms. The first kappa shape index (κ1) is 17.5. The van der Waals surface area contributed by atoms with Gasteiger partial charge in [-0.1, -0.05) is 27.7 Å². The summed E-state index contributed by atoms with van der Waals surface area (Å²) < 4.78 is 1.85. The standard InChI is InChI=1S/C17H27N3O3/c1-11(2)9-20-13(5)14(8-18-20)15(21)19-7-6-17(10-19,12(3)4)16(22)23/h8,11-12H,6-7,9-10H2,1-5H3,(H,22,23). The highest BCUT2D eigenvalue weighted by Crippen LogP contribution is 2.38. The van der Waals surface area contributed by atoms with Gasteiger partial charge in [-0.15, -0.1) is 0 Å². The molecule has 1 saturated heterocycles. The Morgan fingerprint density at radius 2 is 2.00 bits per heavy atom. The second-order valence-electron chi connectivity index (χ2n) is 7.31. The van der Waals surface area contributed by atoms with Gasteiger partial charge in [0.25, 0.3) is 5.91 Å². The summed E-state index contributed by atoms with van der Waals surface area (Å²) in [4.78, 5) is 26.2. The van der Waals surface area contributed by atoms with Gasteiger partial charge in [-0.25, -0.2) is 0 Å². The lowest BCUT2D eigenvalue weighted by atomic mass is 9.76. The van der Waals surface area contributed by atoms with E-state index in [9.17, 15) is 14.7 Å². The van der Waals surface area contributed by atoms with E-state index in [1.54, 1.807) is 11.1 Å². The number of carboxylic acid groups (broad SMARTS) is 1. The highest BCUT2D eigenvalue weighted by molar-refractivity contribution is 5.95. The SMILES string of the molecule is Cc1c(C(=O)N2CCC(C(=O)O)(C(C)C)C2)cnn1CC(C)C. The summed E-state index contributed by atoms with van der Waals surface area (Å²) in [7, 11) is 0. The fraction of sp³-hybridized carbons (Fsp3) is 0.706. The van der Waals surface area contributed by atoms with Gasteiger partial charge in [0.1, 0.15) is 0 Å². The molecule has 0 spiro atoms. The van der Waals surface area contributed by atoms with Gasteiger partial charge in [0.15, 0.2) is 0 Å². The van der Waals surface area contributed by atoms with Crippen molar-refractivity contribution in [3.63, 3.8) is 0 Å². The lowest BCUT2D eigenvalue weighted by Crippen LogP contribution is -2.40. The van der Waals surface area contributed by atoms with Gasteiger partial charge in [0.2, 0.25) is 0 Å². The van der Waals surface area contributed by atoms with Crippen molar-refractivity contribution in [3.8, 4) is 0 Å². The Hall–Kier alpha value is -1.85. The molecule has 0 radical (unpaired) electrons. The maximum absolute atomic E-state index is 12.8. The minimum atomic E-state index is -0.836. The van der Waals surface area contributed by atoms with Gasteiger partial charge in [-0.3, -0.25) is 14.3 Å². The molecule has 0 aromatic carbocycles. The number of carbonyl (C=O) groups excluding carboxylic acids is 1. The molecule has 2 rings (SSSR count). The third-order valence-corrected chi connectivity index (χ3v) is 4.99. The molecule has 1 aliphatic rings. The third-order valence-electron chi connectivity index (χ3n) is 4.99. The van der Waals surface area contributed by atoms with E-state index in [4.69, 9.17) is 0 Å². The van der Waals surface area contributed by atoms with E-state index in [1.807, 2.05) is 25.5 Å². The Balaban J connectivity index is 2.20. The molecule has 0 aliphatic carbocycles. The number of amides is 1. The first-order valence-electron chi connectivity index (χ1n) is 8.24. The van der Waals surface area contributed by atoms with E-state index in [0.717, 1.165) is 12.2 Å². The summed E-state index contributed by atoms with van der Waals surface area (Å²) in [5.74, 6) is -0.484. The molecule has 1 amide bonds. The molecule has 1 aromatic rings. The van der Waals surface area contributed by atoms with Crippen LogP contribution in [-0.4, -0.2) is 44.8 Å². The molecule has 128 valence electrons. The highest BCUT2D eigenvalue weighted by Gasteiger charge is 2.48. The zero-order valence-electron chi connectivity index (χ0n) is 14.7. The van der Waals surface area contributed by atoms with E-state index >= 15 is 0 Å². The Bertz CT molecular complexity index is 606. The quantitative estimate of drug-likeness (QED) is 0.903. The molecule has 6 nitrogen and oxygen atoms in total. The number of hydrogen-bond donors (Lipinski definition) is 1. The summed E-state index contributed by atoms with van der Waals surface area (Å²) in [5.41, 5.74) is 0.592. The van der Waals surface area contributed by atoms with Gasteiger partial charge < -0.3 is 10.0 Å². The number of hydrogen-bond acceptors (Lipinski definition) is 3. The second kappa shape index (κ2) is 6.34. The van der Waals surface area contributed by atoms with Crippen LogP contribution in [0.1, 0.15) is 50.2 Å². The molecule has 1 aromatic heterocycles. The van der Waals surface area contributed by atoms with Gasteiger partial charge in [0, 0.05) is 25.3 Å². The van der Waals surface area contributed by atoms with Crippen LogP contribution in [0.5, 0.6) is 0 Å². The van der Waals surface area contributed by atoms with Crippen LogP contribution >= 0.6 is 0 Å². The van der Waals surface area contributed by atoms with Crippen molar-refractivity contribution in [3.05, 3.63) is 17.5 Å². The Kier molecular flexibility index (Phi) is 4.82. The fourth-order valence-corrected chi connectivity index (χ4v) is 3.26. The molecule has 1 N–H and O–H groups in total. The Morgan fingerprint density at radius 3 is 2.48 bits per heavy atom. The normalized spacial score (nSPS) is 21.4. The van der Waals surface area contributed by atoms with Crippen LogP contribution in [0.3, 0.4) is 0 Å². The Morgan fingerprint density at radius 1 is 1.35 bits per heavy atom. The van der Waals surface area contributed by atoms with Crippen molar-refractivity contribution in [2.45, 2.75) is 47.6 Å². The topological polar surface area (TPSA) is 75.4 Å². The molecule has 1 aliphatic heterocycles. The van der Waals surface area contributed by atoms with Crippen molar-refractivity contribution < 1.29 is 14.7 Å². The zero-order chi connectivity index (χ0) is 17.4. The summed E-state index contributed by atoms with van der Waals surface area (Å²) in [6, 6.07) is 0. The summed E-state index contributed by atoms with van der Waals surface area (Å²) in [5, 5.41) is 13.9.